The second-order valence-corrected chi connectivity index (χ2v) is 4.58. The fourth-order valence-corrected chi connectivity index (χ4v) is 2.27. The summed E-state index contributed by atoms with van der Waals surface area (Å²) in [4.78, 5) is 2.39. The van der Waals surface area contributed by atoms with Crippen LogP contribution in [0.25, 0.3) is 0 Å². The van der Waals surface area contributed by atoms with Crippen molar-refractivity contribution in [1.29, 1.82) is 0 Å². The molecule has 1 rings (SSSR count). The third-order valence-electron chi connectivity index (χ3n) is 3.31. The summed E-state index contributed by atoms with van der Waals surface area (Å²) >= 11 is 0. The number of oxime groups is 1. The van der Waals surface area contributed by atoms with Gasteiger partial charge in [-0.15, -0.1) is 0 Å². The van der Waals surface area contributed by atoms with Crippen molar-refractivity contribution >= 4 is 5.84 Å². The average molecular weight is 229 g/mol. The summed E-state index contributed by atoms with van der Waals surface area (Å²) in [6, 6.07) is 0.347. The maximum Gasteiger partial charge on any atom is 0.140 e. The summed E-state index contributed by atoms with van der Waals surface area (Å²) in [5, 5.41) is 11.5. The fraction of sp³-hybridized carbons (Fsp3) is 0.909. The first-order chi connectivity index (χ1) is 7.67. The van der Waals surface area contributed by atoms with Crippen molar-refractivity contribution in [3.8, 4) is 0 Å². The zero-order chi connectivity index (χ0) is 12.0. The molecule has 1 saturated heterocycles. The van der Waals surface area contributed by atoms with Crippen molar-refractivity contribution in [2.75, 3.05) is 26.8 Å². The SMILES string of the molecule is COCC1CCN(C(C)CC(N)=NO)CC1. The Morgan fingerprint density at radius 2 is 2.19 bits per heavy atom. The Kier molecular flexibility index (Phi) is 5.55. The molecule has 1 atom stereocenters. The summed E-state index contributed by atoms with van der Waals surface area (Å²) in [5.41, 5.74) is 5.51. The van der Waals surface area contributed by atoms with Gasteiger partial charge in [-0.25, -0.2) is 0 Å². The van der Waals surface area contributed by atoms with Crippen LogP contribution in [0.2, 0.25) is 0 Å². The molecule has 0 saturated carbocycles. The predicted molar refractivity (Wildman–Crippen MR) is 63.7 cm³/mol. The Morgan fingerprint density at radius 1 is 1.56 bits per heavy atom. The second kappa shape index (κ2) is 6.70. The van der Waals surface area contributed by atoms with Gasteiger partial charge in [-0.05, 0) is 38.8 Å². The van der Waals surface area contributed by atoms with Crippen molar-refractivity contribution < 1.29 is 9.94 Å². The monoisotopic (exact) mass is 229 g/mol. The number of amidine groups is 1. The Labute approximate surface area is 97.2 Å². The first-order valence-corrected chi connectivity index (χ1v) is 5.86. The summed E-state index contributed by atoms with van der Waals surface area (Å²) in [7, 11) is 1.76. The molecule has 0 aliphatic carbocycles. The molecular weight excluding hydrogens is 206 g/mol. The topological polar surface area (TPSA) is 71.1 Å². The molecule has 5 nitrogen and oxygen atoms in total. The van der Waals surface area contributed by atoms with Crippen LogP contribution in [0.4, 0.5) is 0 Å². The minimum Gasteiger partial charge on any atom is -0.409 e. The van der Waals surface area contributed by atoms with E-state index in [1.807, 2.05) is 0 Å². The number of rotatable bonds is 5. The highest BCUT2D eigenvalue weighted by Gasteiger charge is 2.22. The molecule has 1 fully saturated rings. The van der Waals surface area contributed by atoms with E-state index in [1.165, 1.54) is 12.8 Å². The van der Waals surface area contributed by atoms with Gasteiger partial charge in [-0.1, -0.05) is 5.16 Å². The molecule has 94 valence electrons. The van der Waals surface area contributed by atoms with Crippen LogP contribution in [-0.2, 0) is 4.74 Å². The van der Waals surface area contributed by atoms with Gasteiger partial charge in [0, 0.05) is 26.2 Å². The molecule has 5 heteroatoms. The maximum atomic E-state index is 8.52. The minimum atomic E-state index is 0.312. The standard InChI is InChI=1S/C11H23N3O2/c1-9(7-11(12)13-15)14-5-3-10(4-6-14)8-16-2/h9-10,15H,3-8H2,1-2H3,(H2,12,13). The highest BCUT2D eigenvalue weighted by atomic mass is 16.5. The van der Waals surface area contributed by atoms with Crippen LogP contribution in [0, 0.1) is 5.92 Å². The van der Waals surface area contributed by atoms with Crippen molar-refractivity contribution in [3.63, 3.8) is 0 Å². The molecule has 0 aromatic rings. The van der Waals surface area contributed by atoms with Crippen LogP contribution in [0.15, 0.2) is 5.16 Å². The smallest absolute Gasteiger partial charge is 0.140 e. The van der Waals surface area contributed by atoms with Gasteiger partial charge in [-0.3, -0.25) is 0 Å². The van der Waals surface area contributed by atoms with E-state index < -0.39 is 0 Å². The Hall–Kier alpha value is -0.810. The highest BCUT2D eigenvalue weighted by molar-refractivity contribution is 5.80. The van der Waals surface area contributed by atoms with Crippen molar-refractivity contribution in [2.45, 2.75) is 32.2 Å². The second-order valence-electron chi connectivity index (χ2n) is 4.58. The van der Waals surface area contributed by atoms with Gasteiger partial charge in [0.05, 0.1) is 0 Å². The lowest BCUT2D eigenvalue weighted by atomic mass is 9.96. The Morgan fingerprint density at radius 3 is 2.69 bits per heavy atom. The van der Waals surface area contributed by atoms with Crippen LogP contribution >= 0.6 is 0 Å². The molecule has 0 bridgehead atoms. The van der Waals surface area contributed by atoms with E-state index in [0.29, 0.717) is 24.2 Å². The fourth-order valence-electron chi connectivity index (χ4n) is 2.27. The van der Waals surface area contributed by atoms with Gasteiger partial charge in [0.2, 0.25) is 0 Å². The molecule has 1 unspecified atom stereocenters. The largest absolute Gasteiger partial charge is 0.409 e. The Bertz CT molecular complexity index is 225. The van der Waals surface area contributed by atoms with Crippen LogP contribution in [0.3, 0.4) is 0 Å². The number of hydrogen-bond acceptors (Lipinski definition) is 4. The van der Waals surface area contributed by atoms with E-state index in [4.69, 9.17) is 15.7 Å². The molecule has 16 heavy (non-hydrogen) atoms. The number of ether oxygens (including phenoxy) is 1. The van der Waals surface area contributed by atoms with E-state index in [2.05, 4.69) is 17.0 Å². The molecule has 0 aromatic heterocycles. The number of piperidine rings is 1. The third kappa shape index (κ3) is 3.98. The van der Waals surface area contributed by atoms with E-state index in [1.54, 1.807) is 7.11 Å². The summed E-state index contributed by atoms with van der Waals surface area (Å²) in [6.45, 7) is 5.14. The number of hydrogen-bond donors (Lipinski definition) is 2. The predicted octanol–water partition coefficient (Wildman–Crippen LogP) is 0.870. The Balaban J connectivity index is 2.30. The van der Waals surface area contributed by atoms with E-state index in [-0.39, 0.29) is 0 Å². The molecule has 1 aliphatic heterocycles. The molecule has 0 radical (unpaired) electrons. The molecule has 0 amide bonds. The van der Waals surface area contributed by atoms with Crippen molar-refractivity contribution in [3.05, 3.63) is 0 Å². The van der Waals surface area contributed by atoms with Gasteiger partial charge < -0.3 is 20.6 Å². The molecule has 1 aliphatic rings. The number of likely N-dealkylation sites (tertiary alicyclic amines) is 1. The molecule has 1 heterocycles. The van der Waals surface area contributed by atoms with Crippen molar-refractivity contribution in [1.82, 2.24) is 4.90 Å². The number of nitrogens with two attached hydrogens (primary N) is 1. The van der Waals surface area contributed by atoms with Gasteiger partial charge in [0.1, 0.15) is 5.84 Å². The lowest BCUT2D eigenvalue weighted by molar-refractivity contribution is 0.0846. The van der Waals surface area contributed by atoms with Crippen LogP contribution in [0.5, 0.6) is 0 Å². The first-order valence-electron chi connectivity index (χ1n) is 5.86. The number of methoxy groups -OCH3 is 1. The lowest BCUT2D eigenvalue weighted by Crippen LogP contribution is -2.42. The minimum absolute atomic E-state index is 0.312. The maximum absolute atomic E-state index is 8.52. The van der Waals surface area contributed by atoms with E-state index in [0.717, 1.165) is 19.7 Å². The quantitative estimate of drug-likeness (QED) is 0.317. The van der Waals surface area contributed by atoms with Crippen molar-refractivity contribution in [2.24, 2.45) is 16.8 Å². The lowest BCUT2D eigenvalue weighted by Gasteiger charge is -2.35. The first kappa shape index (κ1) is 13.3. The average Bonchev–Trinajstić information content (AvgIpc) is 2.30. The zero-order valence-electron chi connectivity index (χ0n) is 10.2. The summed E-state index contributed by atoms with van der Waals surface area (Å²) in [5.74, 6) is 1.00. The summed E-state index contributed by atoms with van der Waals surface area (Å²) < 4.78 is 5.17. The van der Waals surface area contributed by atoms with Gasteiger partial charge in [0.15, 0.2) is 0 Å². The van der Waals surface area contributed by atoms with E-state index in [9.17, 15) is 0 Å². The highest BCUT2D eigenvalue weighted by Crippen LogP contribution is 2.19. The normalized spacial score (nSPS) is 22.2. The number of nitrogens with zero attached hydrogens (tertiary/aromatic N) is 2. The summed E-state index contributed by atoms with van der Waals surface area (Å²) in [6.07, 6.45) is 2.98. The van der Waals surface area contributed by atoms with Gasteiger partial charge >= 0.3 is 0 Å². The van der Waals surface area contributed by atoms with Crippen LogP contribution < -0.4 is 5.73 Å². The molecule has 0 aromatic carbocycles. The third-order valence-corrected chi connectivity index (χ3v) is 3.31. The van der Waals surface area contributed by atoms with Gasteiger partial charge in [0.25, 0.3) is 0 Å². The van der Waals surface area contributed by atoms with Gasteiger partial charge in [-0.2, -0.15) is 0 Å². The van der Waals surface area contributed by atoms with Crippen LogP contribution in [0.1, 0.15) is 26.2 Å². The molecule has 3 N–H and O–H groups in total. The van der Waals surface area contributed by atoms with E-state index >= 15 is 0 Å². The zero-order valence-corrected chi connectivity index (χ0v) is 10.2. The molecular formula is C11H23N3O2. The van der Waals surface area contributed by atoms with Crippen LogP contribution in [-0.4, -0.2) is 48.8 Å². The molecule has 0 spiro atoms.